The van der Waals surface area contributed by atoms with Crippen molar-refractivity contribution < 1.29 is 14.3 Å². The monoisotopic (exact) mass is 310 g/mol. The van der Waals surface area contributed by atoms with E-state index in [9.17, 15) is 9.59 Å². The fourth-order valence-electron chi connectivity index (χ4n) is 2.15. The van der Waals surface area contributed by atoms with Gasteiger partial charge in [-0.15, -0.1) is 0 Å². The van der Waals surface area contributed by atoms with Crippen LogP contribution < -0.4 is 10.2 Å². The molecular weight excluding hydrogens is 292 g/mol. The van der Waals surface area contributed by atoms with E-state index in [1.54, 1.807) is 23.1 Å². The smallest absolute Gasteiger partial charge is 0.250 e. The van der Waals surface area contributed by atoms with E-state index < -0.39 is 0 Å². The van der Waals surface area contributed by atoms with Crippen molar-refractivity contribution in [3.8, 4) is 0 Å². The molecule has 0 saturated carbocycles. The average molecular weight is 311 g/mol. The summed E-state index contributed by atoms with van der Waals surface area (Å²) in [5.41, 5.74) is 1.28. The van der Waals surface area contributed by atoms with E-state index in [1.807, 2.05) is 13.8 Å². The Morgan fingerprint density at radius 3 is 2.81 bits per heavy atom. The minimum absolute atomic E-state index is 0.00163. The third-order valence-corrected chi connectivity index (χ3v) is 3.45. The molecule has 1 fully saturated rings. The number of nitrogens with one attached hydrogen (secondary N) is 1. The highest BCUT2D eigenvalue weighted by Gasteiger charge is 2.23. The van der Waals surface area contributed by atoms with E-state index in [4.69, 9.17) is 16.3 Å². The van der Waals surface area contributed by atoms with E-state index in [-0.39, 0.29) is 24.5 Å². The second-order valence-electron chi connectivity index (χ2n) is 5.22. The second-order valence-corrected chi connectivity index (χ2v) is 5.63. The van der Waals surface area contributed by atoms with Gasteiger partial charge in [-0.05, 0) is 38.5 Å². The van der Waals surface area contributed by atoms with E-state index in [0.29, 0.717) is 29.4 Å². The zero-order valence-corrected chi connectivity index (χ0v) is 12.9. The molecule has 2 amide bonds. The fraction of sp³-hybridized carbons (Fsp3) is 0.467. The molecule has 1 aliphatic heterocycles. The number of hydrogen-bond donors (Lipinski definition) is 1. The van der Waals surface area contributed by atoms with Gasteiger partial charge in [-0.1, -0.05) is 11.6 Å². The maximum atomic E-state index is 11.7. The molecule has 1 N–H and O–H groups in total. The zero-order chi connectivity index (χ0) is 15.4. The normalized spacial score (nSPS) is 14.9. The lowest BCUT2D eigenvalue weighted by molar-refractivity contribution is -0.122. The lowest BCUT2D eigenvalue weighted by Crippen LogP contribution is -2.24. The minimum atomic E-state index is -0.232. The number of anilines is 2. The highest BCUT2D eigenvalue weighted by molar-refractivity contribution is 6.34. The van der Waals surface area contributed by atoms with E-state index in [1.165, 1.54) is 0 Å². The van der Waals surface area contributed by atoms with Crippen molar-refractivity contribution in [2.24, 2.45) is 0 Å². The molecule has 0 bridgehead atoms. The van der Waals surface area contributed by atoms with Crippen molar-refractivity contribution in [2.45, 2.75) is 32.8 Å². The maximum Gasteiger partial charge on any atom is 0.250 e. The molecule has 1 saturated heterocycles. The Bertz CT molecular complexity index is 546. The van der Waals surface area contributed by atoms with E-state index >= 15 is 0 Å². The molecule has 1 heterocycles. The van der Waals surface area contributed by atoms with Crippen molar-refractivity contribution in [3.63, 3.8) is 0 Å². The first kappa shape index (κ1) is 15.8. The van der Waals surface area contributed by atoms with Gasteiger partial charge < -0.3 is 15.0 Å². The molecule has 2 rings (SSSR count). The van der Waals surface area contributed by atoms with Crippen LogP contribution in [0.5, 0.6) is 0 Å². The van der Waals surface area contributed by atoms with Gasteiger partial charge in [0.2, 0.25) is 11.8 Å². The molecule has 0 aliphatic carbocycles. The average Bonchev–Trinajstić information content (AvgIpc) is 2.83. The van der Waals surface area contributed by atoms with Crippen molar-refractivity contribution in [1.29, 1.82) is 0 Å². The molecule has 21 heavy (non-hydrogen) atoms. The molecule has 0 atom stereocenters. The third-order valence-electron chi connectivity index (χ3n) is 3.14. The van der Waals surface area contributed by atoms with Gasteiger partial charge in [0.1, 0.15) is 6.61 Å². The van der Waals surface area contributed by atoms with Gasteiger partial charge in [0, 0.05) is 18.7 Å². The first-order valence-corrected chi connectivity index (χ1v) is 7.36. The molecule has 0 aromatic heterocycles. The zero-order valence-electron chi connectivity index (χ0n) is 12.2. The van der Waals surface area contributed by atoms with Crippen LogP contribution in [0.4, 0.5) is 11.4 Å². The summed E-state index contributed by atoms with van der Waals surface area (Å²) in [6, 6.07) is 5.14. The van der Waals surface area contributed by atoms with Crippen LogP contribution in [-0.2, 0) is 14.3 Å². The summed E-state index contributed by atoms with van der Waals surface area (Å²) >= 11 is 6.21. The lowest BCUT2D eigenvalue weighted by Gasteiger charge is -2.18. The summed E-state index contributed by atoms with van der Waals surface area (Å²) < 4.78 is 5.23. The number of nitrogens with zero attached hydrogens (tertiary/aromatic N) is 1. The third kappa shape index (κ3) is 4.19. The quantitative estimate of drug-likeness (QED) is 0.909. The number of carbonyl (C=O) groups excluding carboxylic acids is 2. The maximum absolute atomic E-state index is 11.7. The van der Waals surface area contributed by atoms with Crippen LogP contribution in [-0.4, -0.2) is 31.1 Å². The van der Waals surface area contributed by atoms with Crippen LogP contribution >= 0.6 is 11.6 Å². The molecule has 5 nitrogen and oxygen atoms in total. The Labute approximate surface area is 129 Å². The predicted octanol–water partition coefficient (Wildman–Crippen LogP) is 2.83. The first-order chi connectivity index (χ1) is 9.97. The SMILES string of the molecule is CC(C)OCC(=O)Nc1ccc(N2CCCC2=O)c(Cl)c1. The van der Waals surface area contributed by atoms with Crippen molar-refractivity contribution in [3.05, 3.63) is 23.2 Å². The van der Waals surface area contributed by atoms with Crippen LogP contribution in [0.15, 0.2) is 18.2 Å². The number of benzene rings is 1. The Kier molecular flexibility index (Phi) is 5.20. The number of ether oxygens (including phenoxy) is 1. The largest absolute Gasteiger partial charge is 0.369 e. The molecule has 1 aromatic carbocycles. The molecule has 1 aliphatic rings. The number of carbonyl (C=O) groups is 2. The van der Waals surface area contributed by atoms with E-state index in [0.717, 1.165) is 6.42 Å². The fourth-order valence-corrected chi connectivity index (χ4v) is 2.43. The Hall–Kier alpha value is -1.59. The standard InChI is InChI=1S/C15H19ClN2O3/c1-10(2)21-9-14(19)17-11-5-6-13(12(16)8-11)18-7-3-4-15(18)20/h5-6,8,10H,3-4,7,9H2,1-2H3,(H,17,19). The molecule has 0 radical (unpaired) electrons. The molecular formula is C15H19ClN2O3. The molecule has 1 aromatic rings. The predicted molar refractivity (Wildman–Crippen MR) is 82.8 cm³/mol. The minimum Gasteiger partial charge on any atom is -0.369 e. The summed E-state index contributed by atoms with van der Waals surface area (Å²) in [5, 5.41) is 3.17. The van der Waals surface area contributed by atoms with Crippen LogP contribution in [0.2, 0.25) is 5.02 Å². The van der Waals surface area contributed by atoms with Gasteiger partial charge in [0.25, 0.3) is 0 Å². The van der Waals surface area contributed by atoms with Crippen molar-refractivity contribution >= 4 is 34.8 Å². The first-order valence-electron chi connectivity index (χ1n) is 6.98. The Balaban J connectivity index is 2.02. The van der Waals surface area contributed by atoms with Gasteiger partial charge in [-0.3, -0.25) is 9.59 Å². The number of amides is 2. The summed E-state index contributed by atoms with van der Waals surface area (Å²) in [6.07, 6.45) is 1.41. The van der Waals surface area contributed by atoms with Gasteiger partial charge in [-0.25, -0.2) is 0 Å². The molecule has 6 heteroatoms. The topological polar surface area (TPSA) is 58.6 Å². The second kappa shape index (κ2) is 6.91. The van der Waals surface area contributed by atoms with Crippen LogP contribution in [0.25, 0.3) is 0 Å². The Morgan fingerprint density at radius 1 is 1.48 bits per heavy atom. The highest BCUT2D eigenvalue weighted by Crippen LogP contribution is 2.31. The van der Waals surface area contributed by atoms with Crippen LogP contribution in [0.1, 0.15) is 26.7 Å². The van der Waals surface area contributed by atoms with Gasteiger partial charge in [-0.2, -0.15) is 0 Å². The van der Waals surface area contributed by atoms with Crippen LogP contribution in [0.3, 0.4) is 0 Å². The summed E-state index contributed by atoms with van der Waals surface area (Å²) in [4.78, 5) is 25.1. The van der Waals surface area contributed by atoms with Crippen molar-refractivity contribution in [2.75, 3.05) is 23.4 Å². The Morgan fingerprint density at radius 2 is 2.24 bits per heavy atom. The molecule has 0 unspecified atom stereocenters. The molecule has 0 spiro atoms. The number of rotatable bonds is 5. The summed E-state index contributed by atoms with van der Waals surface area (Å²) in [6.45, 7) is 4.42. The van der Waals surface area contributed by atoms with Crippen LogP contribution in [0, 0.1) is 0 Å². The van der Waals surface area contributed by atoms with Gasteiger partial charge >= 0.3 is 0 Å². The van der Waals surface area contributed by atoms with Crippen molar-refractivity contribution in [1.82, 2.24) is 0 Å². The number of hydrogen-bond acceptors (Lipinski definition) is 3. The van der Waals surface area contributed by atoms with E-state index in [2.05, 4.69) is 5.32 Å². The highest BCUT2D eigenvalue weighted by atomic mass is 35.5. The summed E-state index contributed by atoms with van der Waals surface area (Å²) in [5.74, 6) is -0.149. The molecule has 114 valence electrons. The van der Waals surface area contributed by atoms with Gasteiger partial charge in [0.15, 0.2) is 0 Å². The van der Waals surface area contributed by atoms with Gasteiger partial charge in [0.05, 0.1) is 16.8 Å². The summed E-state index contributed by atoms with van der Waals surface area (Å²) in [7, 11) is 0. The lowest BCUT2D eigenvalue weighted by atomic mass is 10.2. The number of halogens is 1.